The molecule has 2 N–H and O–H groups in total. The molecule has 5 heteroatoms. The maximum atomic E-state index is 12.8. The van der Waals surface area contributed by atoms with Crippen LogP contribution in [0.15, 0.2) is 18.3 Å². The van der Waals surface area contributed by atoms with Gasteiger partial charge in [-0.3, -0.25) is 4.79 Å². The van der Waals surface area contributed by atoms with E-state index in [4.69, 9.17) is 0 Å². The van der Waals surface area contributed by atoms with Gasteiger partial charge in [-0.25, -0.2) is 0 Å². The van der Waals surface area contributed by atoms with E-state index in [1.807, 2.05) is 25.3 Å². The number of hydrogen-bond donors (Lipinski definition) is 2. The van der Waals surface area contributed by atoms with Crippen LogP contribution in [-0.4, -0.2) is 52.3 Å². The molecule has 0 bridgehead atoms. The number of carbonyl (C=O) groups excluding carboxylic acids is 1. The highest BCUT2D eigenvalue weighted by atomic mass is 16.3. The summed E-state index contributed by atoms with van der Waals surface area (Å²) in [6, 6.07) is 4.21. The standard InChI is InChI=1S/C16H27N3O2/c1-4-18(12-16(2,3)21)15(20)14-6-5-11-19(14)13-7-9-17-10-8-13/h5-6,11,13,17,21H,4,7-10,12H2,1-3H3. The molecule has 1 aliphatic heterocycles. The minimum absolute atomic E-state index is 0.00292. The number of likely N-dealkylation sites (N-methyl/N-ethyl adjacent to an activating group) is 1. The fourth-order valence-electron chi connectivity index (χ4n) is 2.93. The normalized spacial score (nSPS) is 17.0. The van der Waals surface area contributed by atoms with E-state index in [0.29, 0.717) is 19.1 Å². The summed E-state index contributed by atoms with van der Waals surface area (Å²) < 4.78 is 2.11. The molecule has 5 nitrogen and oxygen atoms in total. The first-order valence-electron chi connectivity index (χ1n) is 7.81. The second-order valence-electron chi connectivity index (χ2n) is 6.41. The van der Waals surface area contributed by atoms with Gasteiger partial charge in [0, 0.05) is 25.3 Å². The van der Waals surface area contributed by atoms with E-state index in [0.717, 1.165) is 31.6 Å². The number of rotatable bonds is 5. The fourth-order valence-corrected chi connectivity index (χ4v) is 2.93. The molecule has 1 amide bonds. The third-order valence-electron chi connectivity index (χ3n) is 3.95. The van der Waals surface area contributed by atoms with E-state index >= 15 is 0 Å². The van der Waals surface area contributed by atoms with Gasteiger partial charge in [0.05, 0.1) is 5.60 Å². The summed E-state index contributed by atoms with van der Waals surface area (Å²) in [6.07, 6.45) is 4.10. The molecule has 1 aromatic rings. The van der Waals surface area contributed by atoms with Crippen LogP contribution in [0.1, 0.15) is 50.1 Å². The summed E-state index contributed by atoms with van der Waals surface area (Å²) in [4.78, 5) is 14.5. The summed E-state index contributed by atoms with van der Waals surface area (Å²) in [6.45, 7) is 8.35. The lowest BCUT2D eigenvalue weighted by Crippen LogP contribution is -2.43. The predicted octanol–water partition coefficient (Wildman–Crippen LogP) is 1.65. The Morgan fingerprint density at radius 3 is 2.71 bits per heavy atom. The van der Waals surface area contributed by atoms with Crippen LogP contribution in [0.5, 0.6) is 0 Å². The number of aliphatic hydroxyl groups is 1. The van der Waals surface area contributed by atoms with Gasteiger partial charge in [0.25, 0.3) is 5.91 Å². The van der Waals surface area contributed by atoms with E-state index in [1.165, 1.54) is 0 Å². The Bertz CT molecular complexity index is 470. The van der Waals surface area contributed by atoms with Crippen molar-refractivity contribution < 1.29 is 9.90 Å². The molecule has 0 aliphatic carbocycles. The summed E-state index contributed by atoms with van der Waals surface area (Å²) in [5.41, 5.74) is -0.148. The van der Waals surface area contributed by atoms with Crippen LogP contribution >= 0.6 is 0 Å². The van der Waals surface area contributed by atoms with Gasteiger partial charge in [0.15, 0.2) is 0 Å². The number of piperidine rings is 1. The number of amides is 1. The molecule has 2 rings (SSSR count). The van der Waals surface area contributed by atoms with Gasteiger partial charge < -0.3 is 19.9 Å². The van der Waals surface area contributed by atoms with Gasteiger partial charge in [-0.05, 0) is 58.8 Å². The zero-order valence-electron chi connectivity index (χ0n) is 13.3. The molecule has 1 fully saturated rings. The van der Waals surface area contributed by atoms with Crippen molar-refractivity contribution in [1.82, 2.24) is 14.8 Å². The van der Waals surface area contributed by atoms with Crippen molar-refractivity contribution in [2.24, 2.45) is 0 Å². The minimum Gasteiger partial charge on any atom is -0.389 e. The summed E-state index contributed by atoms with van der Waals surface area (Å²) in [5, 5.41) is 13.3. The van der Waals surface area contributed by atoms with E-state index in [-0.39, 0.29) is 5.91 Å². The second kappa shape index (κ2) is 6.62. The first-order chi connectivity index (χ1) is 9.92. The number of nitrogens with zero attached hydrogens (tertiary/aromatic N) is 2. The molecule has 1 aromatic heterocycles. The molecular formula is C16H27N3O2. The van der Waals surface area contributed by atoms with E-state index in [2.05, 4.69) is 9.88 Å². The van der Waals surface area contributed by atoms with Crippen LogP contribution in [-0.2, 0) is 0 Å². The van der Waals surface area contributed by atoms with Crippen LogP contribution in [0.2, 0.25) is 0 Å². The van der Waals surface area contributed by atoms with Crippen LogP contribution in [0, 0.1) is 0 Å². The summed E-state index contributed by atoms with van der Waals surface area (Å²) in [5.74, 6) is 0.00292. The largest absolute Gasteiger partial charge is 0.389 e. The average Bonchev–Trinajstić information content (AvgIpc) is 2.93. The zero-order chi connectivity index (χ0) is 15.5. The first-order valence-corrected chi connectivity index (χ1v) is 7.81. The fraction of sp³-hybridized carbons (Fsp3) is 0.688. The second-order valence-corrected chi connectivity index (χ2v) is 6.41. The third-order valence-corrected chi connectivity index (χ3v) is 3.95. The molecule has 21 heavy (non-hydrogen) atoms. The molecule has 0 unspecified atom stereocenters. The summed E-state index contributed by atoms with van der Waals surface area (Å²) >= 11 is 0. The SMILES string of the molecule is CCN(CC(C)(C)O)C(=O)c1cccn1C1CCNCC1. The Hall–Kier alpha value is -1.33. The van der Waals surface area contributed by atoms with Gasteiger partial charge in [-0.15, -0.1) is 0 Å². The number of aromatic nitrogens is 1. The smallest absolute Gasteiger partial charge is 0.270 e. The molecule has 118 valence electrons. The van der Waals surface area contributed by atoms with E-state index in [9.17, 15) is 9.90 Å². The molecule has 0 saturated carbocycles. The lowest BCUT2D eigenvalue weighted by Gasteiger charge is -2.30. The Morgan fingerprint density at radius 2 is 2.14 bits per heavy atom. The van der Waals surface area contributed by atoms with Gasteiger partial charge >= 0.3 is 0 Å². The van der Waals surface area contributed by atoms with Gasteiger partial charge in [-0.2, -0.15) is 0 Å². The molecule has 0 aromatic carbocycles. The number of carbonyl (C=O) groups is 1. The minimum atomic E-state index is -0.877. The van der Waals surface area contributed by atoms with E-state index in [1.54, 1.807) is 18.7 Å². The van der Waals surface area contributed by atoms with Crippen molar-refractivity contribution in [2.45, 2.75) is 45.3 Å². The highest BCUT2D eigenvalue weighted by Crippen LogP contribution is 2.22. The molecule has 0 radical (unpaired) electrons. The molecule has 0 spiro atoms. The molecule has 2 heterocycles. The molecule has 1 aliphatic rings. The Morgan fingerprint density at radius 1 is 1.48 bits per heavy atom. The summed E-state index contributed by atoms with van der Waals surface area (Å²) in [7, 11) is 0. The van der Waals surface area contributed by atoms with Gasteiger partial charge in [-0.1, -0.05) is 0 Å². The van der Waals surface area contributed by atoms with Crippen LogP contribution < -0.4 is 5.32 Å². The predicted molar refractivity (Wildman–Crippen MR) is 83.4 cm³/mol. The number of nitrogens with one attached hydrogen (secondary N) is 1. The molecule has 0 atom stereocenters. The average molecular weight is 293 g/mol. The lowest BCUT2D eigenvalue weighted by molar-refractivity contribution is 0.0307. The topological polar surface area (TPSA) is 57.5 Å². The third kappa shape index (κ3) is 4.08. The highest BCUT2D eigenvalue weighted by molar-refractivity contribution is 5.92. The van der Waals surface area contributed by atoms with Gasteiger partial charge in [0.2, 0.25) is 0 Å². The van der Waals surface area contributed by atoms with Crippen molar-refractivity contribution in [3.63, 3.8) is 0 Å². The molecule has 1 saturated heterocycles. The lowest BCUT2D eigenvalue weighted by atomic mass is 10.1. The van der Waals surface area contributed by atoms with Crippen LogP contribution in [0.3, 0.4) is 0 Å². The number of hydrogen-bond acceptors (Lipinski definition) is 3. The monoisotopic (exact) mass is 293 g/mol. The highest BCUT2D eigenvalue weighted by Gasteiger charge is 2.26. The van der Waals surface area contributed by atoms with Crippen molar-refractivity contribution in [1.29, 1.82) is 0 Å². The van der Waals surface area contributed by atoms with Gasteiger partial charge in [0.1, 0.15) is 5.69 Å². The van der Waals surface area contributed by atoms with Crippen molar-refractivity contribution in [3.05, 3.63) is 24.0 Å². The molecular weight excluding hydrogens is 266 g/mol. The Balaban J connectivity index is 2.16. The van der Waals surface area contributed by atoms with Crippen LogP contribution in [0.25, 0.3) is 0 Å². The Labute approximate surface area is 126 Å². The van der Waals surface area contributed by atoms with Crippen LogP contribution in [0.4, 0.5) is 0 Å². The Kier molecular flexibility index (Phi) is 5.06. The van der Waals surface area contributed by atoms with Crippen molar-refractivity contribution in [3.8, 4) is 0 Å². The van der Waals surface area contributed by atoms with E-state index < -0.39 is 5.60 Å². The maximum Gasteiger partial charge on any atom is 0.270 e. The quantitative estimate of drug-likeness (QED) is 0.868. The van der Waals surface area contributed by atoms with Crippen molar-refractivity contribution >= 4 is 5.91 Å². The zero-order valence-corrected chi connectivity index (χ0v) is 13.3. The maximum absolute atomic E-state index is 12.8. The van der Waals surface area contributed by atoms with Crippen molar-refractivity contribution in [2.75, 3.05) is 26.2 Å². The first kappa shape index (κ1) is 16.0.